The standard InChI is InChI=1S/C13H10Br2O2/c14-13(15,9-1-5-11(16)6-2-9)10-3-7-12(17)8-4-10/h1-8,16-17H. The average molecular weight is 358 g/mol. The van der Waals surface area contributed by atoms with Crippen LogP contribution in [0.4, 0.5) is 0 Å². The van der Waals surface area contributed by atoms with Crippen molar-refractivity contribution in [2.24, 2.45) is 0 Å². The Balaban J connectivity index is 2.41. The molecule has 2 aromatic rings. The fraction of sp³-hybridized carbons (Fsp3) is 0.0769. The number of halogens is 2. The van der Waals surface area contributed by atoms with Crippen LogP contribution in [0.3, 0.4) is 0 Å². The maximum atomic E-state index is 9.27. The predicted molar refractivity (Wildman–Crippen MR) is 74.8 cm³/mol. The first-order valence-electron chi connectivity index (χ1n) is 4.97. The quantitative estimate of drug-likeness (QED) is 0.795. The van der Waals surface area contributed by atoms with Gasteiger partial charge in [-0.15, -0.1) is 0 Å². The minimum Gasteiger partial charge on any atom is -0.508 e. The van der Waals surface area contributed by atoms with Gasteiger partial charge in [0.2, 0.25) is 0 Å². The summed E-state index contributed by atoms with van der Waals surface area (Å²) in [5.41, 5.74) is 1.92. The molecule has 17 heavy (non-hydrogen) atoms. The van der Waals surface area contributed by atoms with E-state index >= 15 is 0 Å². The van der Waals surface area contributed by atoms with Gasteiger partial charge in [0.1, 0.15) is 14.7 Å². The van der Waals surface area contributed by atoms with Crippen LogP contribution < -0.4 is 0 Å². The highest BCUT2D eigenvalue weighted by Crippen LogP contribution is 2.45. The fourth-order valence-corrected chi connectivity index (χ4v) is 2.57. The molecule has 2 aromatic carbocycles. The van der Waals surface area contributed by atoms with E-state index in [2.05, 4.69) is 31.9 Å². The molecule has 0 saturated heterocycles. The molecule has 2 nitrogen and oxygen atoms in total. The maximum absolute atomic E-state index is 9.27. The smallest absolute Gasteiger partial charge is 0.130 e. The van der Waals surface area contributed by atoms with Crippen LogP contribution in [0.25, 0.3) is 0 Å². The molecule has 0 saturated carbocycles. The first-order valence-corrected chi connectivity index (χ1v) is 6.55. The molecule has 0 aliphatic rings. The van der Waals surface area contributed by atoms with E-state index in [0.29, 0.717) is 0 Å². The molecule has 4 heteroatoms. The van der Waals surface area contributed by atoms with E-state index in [4.69, 9.17) is 0 Å². The van der Waals surface area contributed by atoms with Crippen LogP contribution in [0.2, 0.25) is 0 Å². The van der Waals surface area contributed by atoms with Crippen molar-refractivity contribution < 1.29 is 10.2 Å². The molecule has 88 valence electrons. The number of hydrogen-bond donors (Lipinski definition) is 2. The second-order valence-corrected chi connectivity index (χ2v) is 7.11. The lowest BCUT2D eigenvalue weighted by molar-refractivity contribution is 0.475. The predicted octanol–water partition coefficient (Wildman–Crippen LogP) is 4.09. The van der Waals surface area contributed by atoms with Crippen molar-refractivity contribution in [2.75, 3.05) is 0 Å². The zero-order chi connectivity index (χ0) is 12.5. The van der Waals surface area contributed by atoms with Crippen LogP contribution >= 0.6 is 31.9 Å². The monoisotopic (exact) mass is 356 g/mol. The number of rotatable bonds is 2. The van der Waals surface area contributed by atoms with E-state index in [9.17, 15) is 10.2 Å². The maximum Gasteiger partial charge on any atom is 0.130 e. The SMILES string of the molecule is Oc1ccc(C(Br)(Br)c2ccc(O)cc2)cc1. The number of benzene rings is 2. The van der Waals surface area contributed by atoms with Gasteiger partial charge in [0.25, 0.3) is 0 Å². The summed E-state index contributed by atoms with van der Waals surface area (Å²) in [6.45, 7) is 0. The number of aromatic hydroxyl groups is 2. The highest BCUT2D eigenvalue weighted by molar-refractivity contribution is 9.25. The summed E-state index contributed by atoms with van der Waals surface area (Å²) in [5, 5.41) is 18.5. The summed E-state index contributed by atoms with van der Waals surface area (Å²) < 4.78 is -0.526. The van der Waals surface area contributed by atoms with E-state index in [-0.39, 0.29) is 11.5 Å². The fourth-order valence-electron chi connectivity index (χ4n) is 1.51. The normalized spacial score (nSPS) is 11.4. The zero-order valence-electron chi connectivity index (χ0n) is 8.77. The van der Waals surface area contributed by atoms with E-state index in [1.165, 1.54) is 0 Å². The Bertz CT molecular complexity index is 456. The zero-order valence-corrected chi connectivity index (χ0v) is 11.9. The van der Waals surface area contributed by atoms with Crippen LogP contribution in [0.1, 0.15) is 11.1 Å². The van der Waals surface area contributed by atoms with Crippen molar-refractivity contribution in [2.45, 2.75) is 3.23 Å². The Morgan fingerprint density at radius 3 is 1.24 bits per heavy atom. The van der Waals surface area contributed by atoms with Crippen molar-refractivity contribution in [1.29, 1.82) is 0 Å². The van der Waals surface area contributed by atoms with Crippen molar-refractivity contribution in [1.82, 2.24) is 0 Å². The summed E-state index contributed by atoms with van der Waals surface area (Å²) >= 11 is 7.20. The van der Waals surface area contributed by atoms with Gasteiger partial charge in [-0.25, -0.2) is 0 Å². The summed E-state index contributed by atoms with van der Waals surface area (Å²) in [4.78, 5) is 0. The molecule has 2 N–H and O–H groups in total. The second-order valence-electron chi connectivity index (χ2n) is 3.67. The summed E-state index contributed by atoms with van der Waals surface area (Å²) in [6, 6.07) is 13.8. The molecule has 0 aromatic heterocycles. The van der Waals surface area contributed by atoms with Crippen molar-refractivity contribution >= 4 is 31.9 Å². The molecule has 0 bridgehead atoms. The van der Waals surface area contributed by atoms with Gasteiger partial charge in [-0.2, -0.15) is 0 Å². The average Bonchev–Trinajstić information content (AvgIpc) is 2.30. The van der Waals surface area contributed by atoms with Gasteiger partial charge in [-0.05, 0) is 35.4 Å². The first-order chi connectivity index (χ1) is 8.00. The van der Waals surface area contributed by atoms with Crippen molar-refractivity contribution in [3.63, 3.8) is 0 Å². The Morgan fingerprint density at radius 1 is 0.647 bits per heavy atom. The molecule has 0 heterocycles. The lowest BCUT2D eigenvalue weighted by Crippen LogP contribution is -2.10. The Morgan fingerprint density at radius 2 is 0.941 bits per heavy atom. The van der Waals surface area contributed by atoms with Gasteiger partial charge >= 0.3 is 0 Å². The van der Waals surface area contributed by atoms with E-state index in [1.807, 2.05) is 24.3 Å². The van der Waals surface area contributed by atoms with E-state index < -0.39 is 3.23 Å². The topological polar surface area (TPSA) is 40.5 Å². The third-order valence-corrected chi connectivity index (χ3v) is 4.29. The summed E-state index contributed by atoms with van der Waals surface area (Å²) in [5.74, 6) is 0.463. The molecule has 0 aliphatic carbocycles. The van der Waals surface area contributed by atoms with Gasteiger partial charge in [0.05, 0.1) is 0 Å². The molecule has 0 radical (unpaired) electrons. The van der Waals surface area contributed by atoms with Crippen molar-refractivity contribution in [3.8, 4) is 11.5 Å². The summed E-state index contributed by atoms with van der Waals surface area (Å²) in [7, 11) is 0. The first kappa shape index (κ1) is 12.5. The molecule has 0 fully saturated rings. The Hall–Kier alpha value is -1.00. The van der Waals surface area contributed by atoms with Gasteiger partial charge in [-0.1, -0.05) is 56.1 Å². The van der Waals surface area contributed by atoms with Gasteiger partial charge < -0.3 is 10.2 Å². The lowest BCUT2D eigenvalue weighted by Gasteiger charge is -2.21. The minimum absolute atomic E-state index is 0.232. The Labute approximate surface area is 116 Å². The molecule has 2 rings (SSSR count). The van der Waals surface area contributed by atoms with Crippen molar-refractivity contribution in [3.05, 3.63) is 59.7 Å². The molecule has 0 atom stereocenters. The minimum atomic E-state index is -0.526. The largest absolute Gasteiger partial charge is 0.508 e. The van der Waals surface area contributed by atoms with Crippen LogP contribution in [-0.2, 0) is 3.23 Å². The number of alkyl halides is 2. The molecule has 0 amide bonds. The highest BCUT2D eigenvalue weighted by Gasteiger charge is 2.27. The van der Waals surface area contributed by atoms with Crippen LogP contribution in [0.15, 0.2) is 48.5 Å². The van der Waals surface area contributed by atoms with Gasteiger partial charge in [0, 0.05) is 0 Å². The van der Waals surface area contributed by atoms with E-state index in [0.717, 1.165) is 11.1 Å². The molecule has 0 unspecified atom stereocenters. The van der Waals surface area contributed by atoms with Crippen LogP contribution in [0.5, 0.6) is 11.5 Å². The number of hydrogen-bond acceptors (Lipinski definition) is 2. The molecule has 0 spiro atoms. The number of phenolic OH excluding ortho intramolecular Hbond substituents is 2. The third kappa shape index (κ3) is 2.64. The van der Waals surface area contributed by atoms with E-state index in [1.54, 1.807) is 24.3 Å². The molecular weight excluding hydrogens is 348 g/mol. The van der Waals surface area contributed by atoms with Crippen LogP contribution in [0, 0.1) is 0 Å². The van der Waals surface area contributed by atoms with Gasteiger partial charge in [-0.3, -0.25) is 0 Å². The highest BCUT2D eigenvalue weighted by atomic mass is 79.9. The molecule has 0 aliphatic heterocycles. The summed E-state index contributed by atoms with van der Waals surface area (Å²) in [6.07, 6.45) is 0. The second kappa shape index (κ2) is 4.70. The number of phenols is 2. The Kier molecular flexibility index (Phi) is 3.45. The molecular formula is C13H10Br2O2. The lowest BCUT2D eigenvalue weighted by atomic mass is 10.0. The van der Waals surface area contributed by atoms with Gasteiger partial charge in [0.15, 0.2) is 0 Å². The van der Waals surface area contributed by atoms with Crippen LogP contribution in [-0.4, -0.2) is 10.2 Å². The third-order valence-electron chi connectivity index (χ3n) is 2.46.